The molecule has 0 saturated heterocycles. The number of nitrogen functional groups attached to an aromatic ring is 1. The van der Waals surface area contributed by atoms with Crippen LogP contribution in [0, 0.1) is 0 Å². The maximum Gasteiger partial charge on any atom is 0.201 e. The molecule has 0 fully saturated rings. The number of hydrogen-bond donors (Lipinski definition) is 2. The Labute approximate surface area is 70.2 Å². The summed E-state index contributed by atoms with van der Waals surface area (Å²) in [6, 6.07) is 1.77. The molecule has 0 unspecified atom stereocenters. The molecule has 6 heteroatoms. The second-order valence-electron chi connectivity index (χ2n) is 2.03. The third-order valence-electron chi connectivity index (χ3n) is 1.23. The maximum absolute atomic E-state index is 5.39. The van der Waals surface area contributed by atoms with Crippen LogP contribution < -0.4 is 5.73 Å². The van der Waals surface area contributed by atoms with Gasteiger partial charge in [0.1, 0.15) is 4.60 Å². The van der Waals surface area contributed by atoms with E-state index in [-0.39, 0.29) is 0 Å². The van der Waals surface area contributed by atoms with Gasteiger partial charge in [0.25, 0.3) is 0 Å². The van der Waals surface area contributed by atoms with Crippen LogP contribution in [0.25, 0.3) is 11.2 Å². The fourth-order valence-corrected chi connectivity index (χ4v) is 1.12. The van der Waals surface area contributed by atoms with Gasteiger partial charge in [-0.3, -0.25) is 0 Å². The quantitative estimate of drug-likeness (QED) is 0.676. The van der Waals surface area contributed by atoms with Gasteiger partial charge in [0.2, 0.25) is 5.65 Å². The molecular weight excluding hydrogens is 210 g/mol. The highest BCUT2D eigenvalue weighted by Crippen LogP contribution is 2.12. The minimum absolute atomic E-state index is 0.354. The Morgan fingerprint density at radius 2 is 2.27 bits per heavy atom. The summed E-state index contributed by atoms with van der Waals surface area (Å²) in [5, 5.41) is 7.53. The van der Waals surface area contributed by atoms with Gasteiger partial charge in [-0.2, -0.15) is 4.98 Å². The van der Waals surface area contributed by atoms with Crippen molar-refractivity contribution in [2.24, 2.45) is 0 Å². The SMILES string of the molecule is Nc1nc2nnc(Br)cc2[nH]1. The van der Waals surface area contributed by atoms with Crippen molar-refractivity contribution in [1.82, 2.24) is 20.2 Å². The van der Waals surface area contributed by atoms with Gasteiger partial charge >= 0.3 is 0 Å². The zero-order valence-electron chi connectivity index (χ0n) is 5.37. The number of aromatic amines is 1. The number of imidazole rings is 1. The third-order valence-corrected chi connectivity index (χ3v) is 1.62. The van der Waals surface area contributed by atoms with E-state index in [0.717, 1.165) is 5.52 Å². The monoisotopic (exact) mass is 213 g/mol. The number of nitrogens with zero attached hydrogens (tertiary/aromatic N) is 3. The number of aromatic nitrogens is 4. The van der Waals surface area contributed by atoms with Gasteiger partial charge in [-0.05, 0) is 15.9 Å². The number of H-pyrrole nitrogens is 1. The lowest BCUT2D eigenvalue weighted by atomic mass is 10.5. The van der Waals surface area contributed by atoms with E-state index in [2.05, 4.69) is 36.1 Å². The molecule has 0 atom stereocenters. The molecule has 2 heterocycles. The van der Waals surface area contributed by atoms with Crippen LogP contribution in [0.5, 0.6) is 0 Å². The topological polar surface area (TPSA) is 80.5 Å². The van der Waals surface area contributed by atoms with Crippen LogP contribution in [-0.4, -0.2) is 20.2 Å². The molecule has 0 amide bonds. The third kappa shape index (κ3) is 1.05. The molecule has 2 rings (SSSR count). The number of halogens is 1. The minimum Gasteiger partial charge on any atom is -0.369 e. The normalized spacial score (nSPS) is 10.6. The molecule has 0 saturated carbocycles. The molecule has 3 N–H and O–H groups in total. The largest absolute Gasteiger partial charge is 0.369 e. The summed E-state index contributed by atoms with van der Waals surface area (Å²) in [7, 11) is 0. The number of anilines is 1. The van der Waals surface area contributed by atoms with Crippen molar-refractivity contribution in [2.45, 2.75) is 0 Å². The van der Waals surface area contributed by atoms with Gasteiger partial charge in [0, 0.05) is 6.07 Å². The Balaban J connectivity index is 2.82. The Kier molecular flexibility index (Phi) is 1.28. The first-order chi connectivity index (χ1) is 5.25. The lowest BCUT2D eigenvalue weighted by molar-refractivity contribution is 1.03. The molecule has 2 aromatic heterocycles. The van der Waals surface area contributed by atoms with E-state index in [0.29, 0.717) is 16.2 Å². The van der Waals surface area contributed by atoms with E-state index >= 15 is 0 Å². The second kappa shape index (κ2) is 2.16. The van der Waals surface area contributed by atoms with Gasteiger partial charge in [-0.25, -0.2) is 0 Å². The predicted octanol–water partition coefficient (Wildman–Crippen LogP) is 0.698. The lowest BCUT2D eigenvalue weighted by Gasteiger charge is -1.85. The maximum atomic E-state index is 5.39. The molecule has 11 heavy (non-hydrogen) atoms. The van der Waals surface area contributed by atoms with E-state index in [1.54, 1.807) is 6.07 Å². The molecule has 5 nitrogen and oxygen atoms in total. The first-order valence-electron chi connectivity index (χ1n) is 2.90. The summed E-state index contributed by atoms with van der Waals surface area (Å²) in [4.78, 5) is 6.72. The van der Waals surface area contributed by atoms with Crippen molar-refractivity contribution >= 4 is 33.0 Å². The smallest absolute Gasteiger partial charge is 0.201 e. The Hall–Kier alpha value is -1.17. The number of fused-ring (bicyclic) bond motifs is 1. The molecule has 0 spiro atoms. The average molecular weight is 214 g/mol. The standard InChI is InChI=1S/C5H4BrN5/c6-3-1-2-4(11-10-3)9-5(7)8-2/h1H,(H3,7,8,9,11). The molecule has 56 valence electrons. The van der Waals surface area contributed by atoms with Gasteiger partial charge in [0.05, 0.1) is 5.52 Å². The molecule has 0 aliphatic rings. The van der Waals surface area contributed by atoms with E-state index in [1.807, 2.05) is 0 Å². The van der Waals surface area contributed by atoms with Crippen LogP contribution in [0.1, 0.15) is 0 Å². The van der Waals surface area contributed by atoms with Crippen LogP contribution in [0.3, 0.4) is 0 Å². The zero-order valence-corrected chi connectivity index (χ0v) is 6.96. The summed E-state index contributed by atoms with van der Waals surface area (Å²) in [5.74, 6) is 0.354. The summed E-state index contributed by atoms with van der Waals surface area (Å²) in [6.45, 7) is 0. The Bertz CT molecular complexity index is 395. The fourth-order valence-electron chi connectivity index (χ4n) is 0.816. The number of rotatable bonds is 0. The van der Waals surface area contributed by atoms with Crippen LogP contribution in [0.2, 0.25) is 0 Å². The van der Waals surface area contributed by atoms with E-state index in [1.165, 1.54) is 0 Å². The van der Waals surface area contributed by atoms with Gasteiger partial charge in [0.15, 0.2) is 5.95 Å². The first kappa shape index (κ1) is 6.53. The molecule has 0 bridgehead atoms. The van der Waals surface area contributed by atoms with Crippen LogP contribution in [0.4, 0.5) is 5.95 Å². The molecular formula is C5H4BrN5. The van der Waals surface area contributed by atoms with E-state index in [9.17, 15) is 0 Å². The van der Waals surface area contributed by atoms with Gasteiger partial charge < -0.3 is 10.7 Å². The average Bonchev–Trinajstić information content (AvgIpc) is 2.27. The highest BCUT2D eigenvalue weighted by Gasteiger charge is 2.00. The number of nitrogens with two attached hydrogens (primary N) is 1. The van der Waals surface area contributed by atoms with Crippen molar-refractivity contribution < 1.29 is 0 Å². The minimum atomic E-state index is 0.354. The van der Waals surface area contributed by atoms with Crippen molar-refractivity contribution in [3.8, 4) is 0 Å². The summed E-state index contributed by atoms with van der Waals surface area (Å²) >= 11 is 3.18. The van der Waals surface area contributed by atoms with Crippen LogP contribution in [-0.2, 0) is 0 Å². The molecule has 0 aliphatic heterocycles. The van der Waals surface area contributed by atoms with Crippen molar-refractivity contribution in [3.63, 3.8) is 0 Å². The number of nitrogens with one attached hydrogen (secondary N) is 1. The Morgan fingerprint density at radius 1 is 1.45 bits per heavy atom. The molecule has 0 aromatic carbocycles. The second-order valence-corrected chi connectivity index (χ2v) is 2.84. The summed E-state index contributed by atoms with van der Waals surface area (Å²) in [5.41, 5.74) is 6.71. The van der Waals surface area contributed by atoms with Crippen LogP contribution in [0.15, 0.2) is 10.7 Å². The highest BCUT2D eigenvalue weighted by atomic mass is 79.9. The number of hydrogen-bond acceptors (Lipinski definition) is 4. The van der Waals surface area contributed by atoms with Crippen molar-refractivity contribution in [3.05, 3.63) is 10.7 Å². The molecule has 0 radical (unpaired) electrons. The van der Waals surface area contributed by atoms with Crippen LogP contribution >= 0.6 is 15.9 Å². The van der Waals surface area contributed by atoms with Crippen molar-refractivity contribution in [2.75, 3.05) is 5.73 Å². The van der Waals surface area contributed by atoms with E-state index in [4.69, 9.17) is 5.73 Å². The van der Waals surface area contributed by atoms with Gasteiger partial charge in [-0.15, -0.1) is 10.2 Å². The fraction of sp³-hybridized carbons (Fsp3) is 0. The predicted molar refractivity (Wildman–Crippen MR) is 43.8 cm³/mol. The summed E-state index contributed by atoms with van der Waals surface area (Å²) in [6.07, 6.45) is 0. The Morgan fingerprint density at radius 3 is 3.09 bits per heavy atom. The highest BCUT2D eigenvalue weighted by molar-refractivity contribution is 9.10. The molecule has 0 aliphatic carbocycles. The van der Waals surface area contributed by atoms with Crippen molar-refractivity contribution in [1.29, 1.82) is 0 Å². The van der Waals surface area contributed by atoms with Gasteiger partial charge in [-0.1, -0.05) is 0 Å². The molecule has 2 aromatic rings. The van der Waals surface area contributed by atoms with E-state index < -0.39 is 0 Å². The zero-order chi connectivity index (χ0) is 7.84. The lowest BCUT2D eigenvalue weighted by Crippen LogP contribution is -1.84. The first-order valence-corrected chi connectivity index (χ1v) is 3.69. The summed E-state index contributed by atoms with van der Waals surface area (Å²) < 4.78 is 0.661.